The van der Waals surface area contributed by atoms with Crippen molar-refractivity contribution in [3.05, 3.63) is 130 Å². The van der Waals surface area contributed by atoms with Crippen LogP contribution in [-0.4, -0.2) is 49.3 Å². The number of carbonyl (C=O) groups is 1. The molecule has 1 saturated heterocycles. The Morgan fingerprint density at radius 3 is 2.24 bits per heavy atom. The molecule has 3 aromatic carbocycles. The number of sulfonamides is 1. The fourth-order valence-electron chi connectivity index (χ4n) is 5.86. The molecule has 0 radical (unpaired) electrons. The number of carbonyl (C=O) groups excluding carboxylic acids is 1. The Morgan fingerprint density at radius 2 is 1.59 bits per heavy atom. The summed E-state index contributed by atoms with van der Waals surface area (Å²) in [6, 6.07) is 11.1. The first-order valence-corrected chi connectivity index (χ1v) is 16.8. The molecule has 7 nitrogen and oxygen atoms in total. The fraction of sp³-hybridized carbons (Fsp3) is 0.294. The minimum absolute atomic E-state index is 0.0104. The van der Waals surface area contributed by atoms with Gasteiger partial charge in [-0.15, -0.1) is 0 Å². The van der Waals surface area contributed by atoms with Crippen LogP contribution < -0.4 is 10.6 Å². The maximum Gasteiger partial charge on any atom is 0.416 e. The molecule has 0 bridgehead atoms. The van der Waals surface area contributed by atoms with Crippen molar-refractivity contribution >= 4 is 21.6 Å². The number of hydrogen-bond donors (Lipinski definition) is 2. The number of anilines is 1. The monoisotopic (exact) mass is 708 g/mol. The Balaban J connectivity index is 1.31. The minimum atomic E-state index is -4.56. The van der Waals surface area contributed by atoms with Crippen molar-refractivity contribution in [3.8, 4) is 0 Å². The Kier molecular flexibility index (Phi) is 11.0. The maximum atomic E-state index is 15.1. The zero-order valence-electron chi connectivity index (χ0n) is 25.8. The van der Waals surface area contributed by atoms with Crippen LogP contribution in [-0.2, 0) is 33.2 Å². The number of nitrogens with zero attached hydrogens (tertiary/aromatic N) is 2. The van der Waals surface area contributed by atoms with Crippen molar-refractivity contribution in [2.75, 3.05) is 25.0 Å². The molecule has 260 valence electrons. The number of nitrogens with one attached hydrogen (secondary N) is 2. The van der Waals surface area contributed by atoms with E-state index >= 15 is 4.39 Å². The molecule has 0 aliphatic carbocycles. The van der Waals surface area contributed by atoms with Gasteiger partial charge in [-0.2, -0.15) is 17.5 Å². The van der Waals surface area contributed by atoms with Crippen molar-refractivity contribution in [2.24, 2.45) is 0 Å². The van der Waals surface area contributed by atoms with E-state index in [-0.39, 0.29) is 54.7 Å². The van der Waals surface area contributed by atoms with E-state index in [9.17, 15) is 39.6 Å². The quantitative estimate of drug-likeness (QED) is 0.173. The zero-order chi connectivity index (χ0) is 35.3. The molecule has 2 heterocycles. The fourth-order valence-corrected chi connectivity index (χ4v) is 7.64. The predicted molar refractivity (Wildman–Crippen MR) is 168 cm³/mol. The first-order chi connectivity index (χ1) is 23.2. The lowest BCUT2D eigenvalue weighted by Gasteiger charge is -2.35. The molecule has 2 N–H and O–H groups in total. The molecule has 4 aromatic rings. The van der Waals surface area contributed by atoms with Gasteiger partial charge in [0.25, 0.3) is 0 Å². The third-order valence-electron chi connectivity index (χ3n) is 8.24. The van der Waals surface area contributed by atoms with Crippen LogP contribution in [0.25, 0.3) is 0 Å². The summed E-state index contributed by atoms with van der Waals surface area (Å²) in [7, 11) is -3.99. The number of rotatable bonds is 11. The number of halogens is 7. The number of hydrogen-bond acceptors (Lipinski definition) is 5. The van der Waals surface area contributed by atoms with Crippen molar-refractivity contribution in [3.63, 3.8) is 0 Å². The summed E-state index contributed by atoms with van der Waals surface area (Å²) >= 11 is 0. The Labute approximate surface area is 278 Å². The number of aromatic nitrogens is 1. The highest BCUT2D eigenvalue weighted by atomic mass is 32.2. The van der Waals surface area contributed by atoms with Crippen LogP contribution in [0.2, 0.25) is 0 Å². The Bertz CT molecular complexity index is 1870. The van der Waals surface area contributed by atoms with Gasteiger partial charge in [0.1, 0.15) is 23.3 Å². The summed E-state index contributed by atoms with van der Waals surface area (Å²) in [4.78, 5) is 17.1. The Hall–Kier alpha value is -4.34. The van der Waals surface area contributed by atoms with Gasteiger partial charge < -0.3 is 10.6 Å². The molecule has 5 rings (SSSR count). The summed E-state index contributed by atoms with van der Waals surface area (Å²) in [5.74, 6) is -5.13. The highest BCUT2D eigenvalue weighted by Crippen LogP contribution is 2.32. The molecular weight excluding hydrogens is 677 g/mol. The largest absolute Gasteiger partial charge is 0.416 e. The lowest BCUT2D eigenvalue weighted by atomic mass is 9.88. The summed E-state index contributed by atoms with van der Waals surface area (Å²) < 4.78 is 124. The molecule has 1 aliphatic rings. The average Bonchev–Trinajstić information content (AvgIpc) is 3.03. The van der Waals surface area contributed by atoms with E-state index in [2.05, 4.69) is 15.6 Å². The average molecular weight is 709 g/mol. The number of amides is 1. The topological polar surface area (TPSA) is 91.4 Å². The molecule has 1 amide bonds. The smallest absolute Gasteiger partial charge is 0.324 e. The molecule has 0 saturated carbocycles. The van der Waals surface area contributed by atoms with Gasteiger partial charge in [0, 0.05) is 49.6 Å². The minimum Gasteiger partial charge on any atom is -0.324 e. The predicted octanol–water partition coefficient (Wildman–Crippen LogP) is 6.55. The maximum absolute atomic E-state index is 15.1. The van der Waals surface area contributed by atoms with Crippen molar-refractivity contribution in [2.45, 2.75) is 43.2 Å². The van der Waals surface area contributed by atoms with Crippen molar-refractivity contribution in [1.29, 1.82) is 0 Å². The third-order valence-corrected chi connectivity index (χ3v) is 10.1. The highest BCUT2D eigenvalue weighted by Gasteiger charge is 2.34. The van der Waals surface area contributed by atoms with E-state index in [4.69, 9.17) is 0 Å². The van der Waals surface area contributed by atoms with Crippen molar-refractivity contribution < 1.29 is 43.9 Å². The number of alkyl halides is 3. The molecule has 1 aromatic heterocycles. The van der Waals surface area contributed by atoms with E-state index in [0.29, 0.717) is 18.2 Å². The van der Waals surface area contributed by atoms with E-state index in [1.807, 2.05) is 0 Å². The van der Waals surface area contributed by atoms with Crippen LogP contribution in [0.5, 0.6) is 0 Å². The van der Waals surface area contributed by atoms with Crippen LogP contribution in [0.4, 0.5) is 36.4 Å². The standard InChI is InChI=1S/C34H31F7N4O3S/c35-25-7-3-22(4-8-25)30(23-13-26(36)15-27(37)14-23)16-33(46)44-32-19-43-18-31(38)29(32)10-9-28-17-42-11-12-45(28)49(47,48)20-21-1-5-24(6-2-21)34(39,40)41/h1-8,13-15,18-19,28,30,42H,9-12,16-17,20H2,(H,44,46)/t28-,30?/m0/s1. The Morgan fingerprint density at radius 1 is 0.918 bits per heavy atom. The number of benzene rings is 3. The summed E-state index contributed by atoms with van der Waals surface area (Å²) in [5, 5.41) is 5.71. The van der Waals surface area contributed by atoms with E-state index in [0.717, 1.165) is 54.7 Å². The van der Waals surface area contributed by atoms with E-state index in [1.54, 1.807) is 0 Å². The van der Waals surface area contributed by atoms with E-state index < -0.39 is 68.7 Å². The van der Waals surface area contributed by atoms with Gasteiger partial charge in [-0.05, 0) is 65.9 Å². The van der Waals surface area contributed by atoms with Crippen molar-refractivity contribution in [1.82, 2.24) is 14.6 Å². The van der Waals surface area contributed by atoms with Gasteiger partial charge in [0.15, 0.2) is 0 Å². The summed E-state index contributed by atoms with van der Waals surface area (Å²) in [6.45, 7) is 0.643. The number of pyridine rings is 1. The van der Waals surface area contributed by atoms with Crippen LogP contribution in [0.3, 0.4) is 0 Å². The molecular formula is C34H31F7N4O3S. The molecule has 0 spiro atoms. The van der Waals surface area contributed by atoms with E-state index in [1.165, 1.54) is 22.6 Å². The second-order valence-electron chi connectivity index (χ2n) is 11.7. The normalized spacial score (nSPS) is 16.3. The molecule has 15 heteroatoms. The van der Waals surface area contributed by atoms with Gasteiger partial charge in [-0.25, -0.2) is 26.0 Å². The highest BCUT2D eigenvalue weighted by molar-refractivity contribution is 7.88. The van der Waals surface area contributed by atoms with Gasteiger partial charge in [-0.3, -0.25) is 9.78 Å². The molecule has 1 unspecified atom stereocenters. The van der Waals surface area contributed by atoms with Crippen LogP contribution in [0.15, 0.2) is 79.1 Å². The molecule has 49 heavy (non-hydrogen) atoms. The molecule has 1 fully saturated rings. The number of piperazine rings is 1. The van der Waals surface area contributed by atoms with Gasteiger partial charge >= 0.3 is 6.18 Å². The summed E-state index contributed by atoms with van der Waals surface area (Å²) in [5.41, 5.74) is -0.138. The SMILES string of the molecule is O=C(CC(c1ccc(F)cc1)c1cc(F)cc(F)c1)Nc1cncc(F)c1CC[C@H]1CNCCN1S(=O)(=O)Cc1ccc(C(F)(F)F)cc1. The van der Waals surface area contributed by atoms with Gasteiger partial charge in [-0.1, -0.05) is 24.3 Å². The van der Waals surface area contributed by atoms with Crippen LogP contribution in [0.1, 0.15) is 46.6 Å². The molecule has 2 atom stereocenters. The molecule has 1 aliphatic heterocycles. The first-order valence-electron chi connectivity index (χ1n) is 15.2. The van der Waals surface area contributed by atoms with Gasteiger partial charge in [0.05, 0.1) is 29.4 Å². The zero-order valence-corrected chi connectivity index (χ0v) is 26.6. The van der Waals surface area contributed by atoms with Gasteiger partial charge in [0.2, 0.25) is 15.9 Å². The third kappa shape index (κ3) is 9.22. The van der Waals surface area contributed by atoms with Crippen LogP contribution in [0, 0.1) is 23.3 Å². The van der Waals surface area contributed by atoms with Crippen LogP contribution >= 0.6 is 0 Å². The lowest BCUT2D eigenvalue weighted by Crippen LogP contribution is -2.53. The second-order valence-corrected chi connectivity index (χ2v) is 13.6. The second kappa shape index (κ2) is 15.0. The lowest BCUT2D eigenvalue weighted by molar-refractivity contribution is -0.137. The first kappa shape index (κ1) is 36.0. The summed E-state index contributed by atoms with van der Waals surface area (Å²) in [6.07, 6.45) is -2.66.